The molecule has 0 fully saturated rings. The Bertz CT molecular complexity index is 204. The molecule has 0 saturated carbocycles. The first-order chi connectivity index (χ1) is 6.33. The molecule has 0 spiro atoms. The Morgan fingerprint density at radius 1 is 1.00 bits per heavy atom. The van der Waals surface area contributed by atoms with Crippen molar-refractivity contribution in [3.63, 3.8) is 0 Å². The summed E-state index contributed by atoms with van der Waals surface area (Å²) in [5, 5.41) is 0. The molecule has 15 heavy (non-hydrogen) atoms. The standard InChI is InChI=1S/C7H9F7O/c1-5(2,15-7(12,13)14)3-4(8)6(9,10)11/h4H,3H2,1-2H3. The summed E-state index contributed by atoms with van der Waals surface area (Å²) in [7, 11) is 0. The fourth-order valence-electron chi connectivity index (χ4n) is 0.902. The quantitative estimate of drug-likeness (QED) is 0.687. The summed E-state index contributed by atoms with van der Waals surface area (Å²) in [5.74, 6) is 0. The van der Waals surface area contributed by atoms with Crippen LogP contribution in [0.3, 0.4) is 0 Å². The first kappa shape index (κ1) is 14.5. The molecule has 1 atom stereocenters. The number of alkyl halides is 7. The van der Waals surface area contributed by atoms with Crippen LogP contribution in [-0.2, 0) is 4.74 Å². The van der Waals surface area contributed by atoms with E-state index < -0.39 is 30.7 Å². The fourth-order valence-corrected chi connectivity index (χ4v) is 0.902. The second kappa shape index (κ2) is 4.15. The normalized spacial score (nSPS) is 16.6. The Kier molecular flexibility index (Phi) is 4.00. The Morgan fingerprint density at radius 3 is 1.67 bits per heavy atom. The van der Waals surface area contributed by atoms with Crippen LogP contribution in [0.1, 0.15) is 20.3 Å². The van der Waals surface area contributed by atoms with E-state index in [-0.39, 0.29) is 0 Å². The first-order valence-corrected chi connectivity index (χ1v) is 3.81. The van der Waals surface area contributed by atoms with Gasteiger partial charge in [-0.15, -0.1) is 13.2 Å². The summed E-state index contributed by atoms with van der Waals surface area (Å²) in [5.41, 5.74) is -2.26. The lowest BCUT2D eigenvalue weighted by atomic mass is 10.0. The molecule has 0 saturated heterocycles. The van der Waals surface area contributed by atoms with E-state index in [0.717, 1.165) is 13.8 Å². The predicted molar refractivity (Wildman–Crippen MR) is 36.8 cm³/mol. The number of rotatable bonds is 3. The molecular formula is C7H9F7O. The van der Waals surface area contributed by atoms with Crippen LogP contribution in [0, 0.1) is 0 Å². The highest BCUT2D eigenvalue weighted by Gasteiger charge is 2.46. The zero-order valence-electron chi connectivity index (χ0n) is 7.84. The zero-order valence-corrected chi connectivity index (χ0v) is 7.84. The Balaban J connectivity index is 4.39. The SMILES string of the molecule is CC(C)(CC(F)C(F)(F)F)OC(F)(F)F. The van der Waals surface area contributed by atoms with Crippen molar-refractivity contribution in [1.29, 1.82) is 0 Å². The van der Waals surface area contributed by atoms with Gasteiger partial charge < -0.3 is 0 Å². The summed E-state index contributed by atoms with van der Waals surface area (Å²) in [6.45, 7) is 1.47. The summed E-state index contributed by atoms with van der Waals surface area (Å²) in [4.78, 5) is 0. The third-order valence-electron chi connectivity index (χ3n) is 1.42. The van der Waals surface area contributed by atoms with Crippen LogP contribution in [0.15, 0.2) is 0 Å². The number of ether oxygens (including phenoxy) is 1. The number of halogens is 7. The van der Waals surface area contributed by atoms with Gasteiger partial charge in [-0.3, -0.25) is 4.74 Å². The van der Waals surface area contributed by atoms with Gasteiger partial charge in [0.15, 0.2) is 6.17 Å². The van der Waals surface area contributed by atoms with Gasteiger partial charge >= 0.3 is 12.5 Å². The molecule has 0 N–H and O–H groups in total. The Labute approximate surface area is 81.2 Å². The highest BCUT2D eigenvalue weighted by molar-refractivity contribution is 4.78. The fraction of sp³-hybridized carbons (Fsp3) is 1.00. The van der Waals surface area contributed by atoms with E-state index in [9.17, 15) is 30.7 Å². The van der Waals surface area contributed by atoms with Crippen molar-refractivity contribution in [3.8, 4) is 0 Å². The molecule has 0 radical (unpaired) electrons. The van der Waals surface area contributed by atoms with Gasteiger partial charge in [0.05, 0.1) is 5.60 Å². The Morgan fingerprint density at radius 2 is 1.40 bits per heavy atom. The predicted octanol–water partition coefficient (Wildman–Crippen LogP) is 3.59. The maximum atomic E-state index is 12.4. The molecule has 92 valence electrons. The van der Waals surface area contributed by atoms with E-state index >= 15 is 0 Å². The zero-order chi connectivity index (χ0) is 12.5. The topological polar surface area (TPSA) is 9.23 Å². The number of hydrogen-bond acceptors (Lipinski definition) is 1. The molecule has 1 unspecified atom stereocenters. The van der Waals surface area contributed by atoms with Crippen LogP contribution < -0.4 is 0 Å². The van der Waals surface area contributed by atoms with Crippen LogP contribution >= 0.6 is 0 Å². The van der Waals surface area contributed by atoms with Crippen molar-refractivity contribution < 1.29 is 35.5 Å². The molecule has 0 heterocycles. The number of hydrogen-bond donors (Lipinski definition) is 0. The second-order valence-electron chi connectivity index (χ2n) is 3.52. The minimum absolute atomic E-state index is 0.735. The Hall–Kier alpha value is -0.530. The van der Waals surface area contributed by atoms with E-state index in [1.807, 2.05) is 0 Å². The molecule has 0 rings (SSSR count). The van der Waals surface area contributed by atoms with Crippen LogP contribution in [0.2, 0.25) is 0 Å². The van der Waals surface area contributed by atoms with Crippen LogP contribution in [0.25, 0.3) is 0 Å². The van der Waals surface area contributed by atoms with Crippen molar-refractivity contribution in [2.45, 2.75) is 44.6 Å². The third kappa shape index (κ3) is 6.53. The highest BCUT2D eigenvalue weighted by atomic mass is 19.4. The summed E-state index contributed by atoms with van der Waals surface area (Å²) >= 11 is 0. The van der Waals surface area contributed by atoms with Crippen molar-refractivity contribution >= 4 is 0 Å². The van der Waals surface area contributed by atoms with Gasteiger partial charge in [-0.1, -0.05) is 0 Å². The second-order valence-corrected chi connectivity index (χ2v) is 3.52. The lowest BCUT2D eigenvalue weighted by Gasteiger charge is -2.28. The average Bonchev–Trinajstić information content (AvgIpc) is 1.76. The molecule has 0 aromatic heterocycles. The highest BCUT2D eigenvalue weighted by Crippen LogP contribution is 2.34. The maximum Gasteiger partial charge on any atom is 0.523 e. The van der Waals surface area contributed by atoms with Gasteiger partial charge in [0.2, 0.25) is 0 Å². The minimum atomic E-state index is -5.17. The van der Waals surface area contributed by atoms with Crippen molar-refractivity contribution in [3.05, 3.63) is 0 Å². The van der Waals surface area contributed by atoms with Crippen LogP contribution in [0.4, 0.5) is 30.7 Å². The molecule has 0 bridgehead atoms. The van der Waals surface area contributed by atoms with E-state index in [1.54, 1.807) is 0 Å². The van der Waals surface area contributed by atoms with Gasteiger partial charge in [0.1, 0.15) is 0 Å². The maximum absolute atomic E-state index is 12.4. The molecule has 0 aliphatic rings. The lowest BCUT2D eigenvalue weighted by molar-refractivity contribution is -0.365. The third-order valence-corrected chi connectivity index (χ3v) is 1.42. The molecule has 0 amide bonds. The van der Waals surface area contributed by atoms with Gasteiger partial charge in [-0.05, 0) is 13.8 Å². The van der Waals surface area contributed by atoms with Crippen LogP contribution in [-0.4, -0.2) is 24.3 Å². The smallest absolute Gasteiger partial charge is 0.286 e. The van der Waals surface area contributed by atoms with E-state index in [0.29, 0.717) is 0 Å². The monoisotopic (exact) mass is 242 g/mol. The summed E-state index contributed by atoms with van der Waals surface area (Å²) in [6, 6.07) is 0. The summed E-state index contributed by atoms with van der Waals surface area (Å²) in [6.07, 6.45) is -15.0. The first-order valence-electron chi connectivity index (χ1n) is 3.81. The summed E-state index contributed by atoms with van der Waals surface area (Å²) < 4.78 is 85.9. The van der Waals surface area contributed by atoms with Gasteiger partial charge in [0, 0.05) is 6.42 Å². The molecule has 8 heteroatoms. The van der Waals surface area contributed by atoms with E-state index in [1.165, 1.54) is 0 Å². The molecule has 0 aliphatic heterocycles. The van der Waals surface area contributed by atoms with E-state index in [4.69, 9.17) is 0 Å². The van der Waals surface area contributed by atoms with Crippen LogP contribution in [0.5, 0.6) is 0 Å². The van der Waals surface area contributed by atoms with Crippen molar-refractivity contribution in [2.75, 3.05) is 0 Å². The van der Waals surface area contributed by atoms with Crippen molar-refractivity contribution in [2.24, 2.45) is 0 Å². The minimum Gasteiger partial charge on any atom is -0.286 e. The van der Waals surface area contributed by atoms with Gasteiger partial charge in [-0.2, -0.15) is 13.2 Å². The molecule has 0 aromatic carbocycles. The largest absolute Gasteiger partial charge is 0.523 e. The van der Waals surface area contributed by atoms with Crippen molar-refractivity contribution in [1.82, 2.24) is 0 Å². The molecule has 0 aromatic rings. The average molecular weight is 242 g/mol. The van der Waals surface area contributed by atoms with E-state index in [2.05, 4.69) is 4.74 Å². The molecular weight excluding hydrogens is 233 g/mol. The molecule has 0 aliphatic carbocycles. The molecule has 1 nitrogen and oxygen atoms in total. The lowest BCUT2D eigenvalue weighted by Crippen LogP contribution is -2.39. The van der Waals surface area contributed by atoms with Gasteiger partial charge in [-0.25, -0.2) is 4.39 Å². The van der Waals surface area contributed by atoms with Gasteiger partial charge in [0.25, 0.3) is 0 Å².